The molecular weight excluding hydrogens is 248 g/mol. The molecule has 0 saturated heterocycles. The SMILES string of the molecule is O=C(c1ncco1)c1ccc([N+](=O)[O-])cc1Cl. The summed E-state index contributed by atoms with van der Waals surface area (Å²) in [4.78, 5) is 25.4. The number of rotatable bonds is 3. The lowest BCUT2D eigenvalue weighted by molar-refractivity contribution is -0.384. The number of oxazole rings is 1. The Kier molecular flexibility index (Phi) is 2.88. The lowest BCUT2D eigenvalue weighted by Gasteiger charge is -2.00. The topological polar surface area (TPSA) is 86.2 Å². The number of benzene rings is 1. The Morgan fingerprint density at radius 3 is 2.76 bits per heavy atom. The second kappa shape index (κ2) is 4.34. The fourth-order valence-corrected chi connectivity index (χ4v) is 1.51. The minimum absolute atomic E-state index is 0.0117. The number of nitro groups is 1. The first kappa shape index (κ1) is 11.3. The van der Waals surface area contributed by atoms with Gasteiger partial charge in [-0.2, -0.15) is 0 Å². The Morgan fingerprint density at radius 1 is 1.47 bits per heavy atom. The number of hydrogen-bond donors (Lipinski definition) is 0. The van der Waals surface area contributed by atoms with E-state index in [0.717, 1.165) is 6.07 Å². The fourth-order valence-electron chi connectivity index (χ4n) is 1.25. The van der Waals surface area contributed by atoms with Crippen LogP contribution in [0.3, 0.4) is 0 Å². The minimum atomic E-state index is -0.592. The molecule has 7 heteroatoms. The van der Waals surface area contributed by atoms with Gasteiger partial charge in [0.05, 0.1) is 16.1 Å². The van der Waals surface area contributed by atoms with Gasteiger partial charge in [0.15, 0.2) is 0 Å². The van der Waals surface area contributed by atoms with Crippen LogP contribution in [0, 0.1) is 10.1 Å². The standard InChI is InChI=1S/C10H5ClN2O4/c11-8-5-6(13(15)16)1-2-7(8)9(14)10-12-3-4-17-10/h1-5H. The van der Waals surface area contributed by atoms with Crippen LogP contribution in [0.2, 0.25) is 5.02 Å². The average Bonchev–Trinajstić information content (AvgIpc) is 2.81. The number of halogens is 1. The van der Waals surface area contributed by atoms with Crippen molar-refractivity contribution in [2.75, 3.05) is 0 Å². The van der Waals surface area contributed by atoms with Crippen LogP contribution in [0.15, 0.2) is 35.1 Å². The third kappa shape index (κ3) is 2.16. The highest BCUT2D eigenvalue weighted by atomic mass is 35.5. The zero-order valence-corrected chi connectivity index (χ0v) is 9.05. The summed E-state index contributed by atoms with van der Waals surface area (Å²) in [7, 11) is 0. The van der Waals surface area contributed by atoms with Gasteiger partial charge in [-0.1, -0.05) is 11.6 Å². The van der Waals surface area contributed by atoms with Crippen LogP contribution in [-0.4, -0.2) is 15.7 Å². The summed E-state index contributed by atoms with van der Waals surface area (Å²) in [6, 6.07) is 3.58. The van der Waals surface area contributed by atoms with Gasteiger partial charge in [0.2, 0.25) is 5.78 Å². The van der Waals surface area contributed by atoms with Crippen molar-refractivity contribution in [3.63, 3.8) is 0 Å². The zero-order valence-electron chi connectivity index (χ0n) is 8.29. The van der Waals surface area contributed by atoms with Gasteiger partial charge in [-0.3, -0.25) is 14.9 Å². The van der Waals surface area contributed by atoms with Crippen LogP contribution in [0.1, 0.15) is 16.2 Å². The second-order valence-corrected chi connectivity index (χ2v) is 3.49. The third-order valence-electron chi connectivity index (χ3n) is 2.03. The van der Waals surface area contributed by atoms with Crippen molar-refractivity contribution in [3.05, 3.63) is 57.3 Å². The summed E-state index contributed by atoms with van der Waals surface area (Å²) in [5.74, 6) is -0.629. The molecule has 6 nitrogen and oxygen atoms in total. The molecule has 0 N–H and O–H groups in total. The Hall–Kier alpha value is -2.21. The molecule has 0 amide bonds. The van der Waals surface area contributed by atoms with Crippen LogP contribution in [0.4, 0.5) is 5.69 Å². The van der Waals surface area contributed by atoms with Crippen molar-refractivity contribution in [2.45, 2.75) is 0 Å². The number of nitrogens with zero attached hydrogens (tertiary/aromatic N) is 2. The summed E-state index contributed by atoms with van der Waals surface area (Å²) in [5.41, 5.74) is -0.0707. The average molecular weight is 253 g/mol. The van der Waals surface area contributed by atoms with Crippen LogP contribution < -0.4 is 0 Å². The van der Waals surface area contributed by atoms with Crippen LogP contribution in [-0.2, 0) is 0 Å². The fraction of sp³-hybridized carbons (Fsp3) is 0. The quantitative estimate of drug-likeness (QED) is 0.476. The van der Waals surface area contributed by atoms with Crippen molar-refractivity contribution in [2.24, 2.45) is 0 Å². The minimum Gasteiger partial charge on any atom is -0.442 e. The number of carbonyl (C=O) groups is 1. The van der Waals surface area contributed by atoms with Crippen molar-refractivity contribution < 1.29 is 14.1 Å². The maximum absolute atomic E-state index is 11.8. The van der Waals surface area contributed by atoms with Crippen molar-refractivity contribution >= 4 is 23.1 Å². The molecule has 0 unspecified atom stereocenters. The van der Waals surface area contributed by atoms with E-state index in [0.29, 0.717) is 0 Å². The van der Waals surface area contributed by atoms with E-state index < -0.39 is 10.7 Å². The van der Waals surface area contributed by atoms with Gasteiger partial charge in [0.25, 0.3) is 11.6 Å². The van der Waals surface area contributed by atoms with E-state index in [-0.39, 0.29) is 22.2 Å². The Balaban J connectivity index is 2.41. The molecule has 1 heterocycles. The number of ketones is 1. The Bertz CT molecular complexity index is 580. The molecule has 0 aliphatic carbocycles. The van der Waals surface area contributed by atoms with E-state index in [4.69, 9.17) is 16.0 Å². The smallest absolute Gasteiger partial charge is 0.270 e. The van der Waals surface area contributed by atoms with Crippen LogP contribution >= 0.6 is 11.6 Å². The predicted octanol–water partition coefficient (Wildman–Crippen LogP) is 2.47. The number of hydrogen-bond acceptors (Lipinski definition) is 5. The molecule has 2 rings (SSSR count). The molecule has 0 atom stereocenters. The first-order chi connectivity index (χ1) is 8.09. The van der Waals surface area contributed by atoms with Crippen LogP contribution in [0.25, 0.3) is 0 Å². The molecule has 1 aromatic heterocycles. The highest BCUT2D eigenvalue weighted by molar-refractivity contribution is 6.34. The van der Waals surface area contributed by atoms with Gasteiger partial charge < -0.3 is 4.42 Å². The first-order valence-corrected chi connectivity index (χ1v) is 4.85. The van der Waals surface area contributed by atoms with Crippen molar-refractivity contribution in [1.29, 1.82) is 0 Å². The van der Waals surface area contributed by atoms with Crippen molar-refractivity contribution in [3.8, 4) is 0 Å². The molecule has 0 bridgehead atoms. The molecule has 0 saturated carbocycles. The Morgan fingerprint density at radius 2 is 2.24 bits per heavy atom. The summed E-state index contributed by atoms with van der Waals surface area (Å²) in [5, 5.41) is 10.5. The molecule has 0 radical (unpaired) electrons. The van der Waals surface area contributed by atoms with E-state index in [2.05, 4.69) is 4.98 Å². The largest absolute Gasteiger partial charge is 0.442 e. The predicted molar refractivity (Wildman–Crippen MR) is 58.0 cm³/mol. The highest BCUT2D eigenvalue weighted by Crippen LogP contribution is 2.24. The van der Waals surface area contributed by atoms with E-state index in [1.807, 2.05) is 0 Å². The van der Waals surface area contributed by atoms with Gasteiger partial charge in [-0.15, -0.1) is 0 Å². The maximum Gasteiger partial charge on any atom is 0.270 e. The summed E-state index contributed by atoms with van der Waals surface area (Å²) >= 11 is 5.79. The monoisotopic (exact) mass is 252 g/mol. The normalized spacial score (nSPS) is 10.2. The lowest BCUT2D eigenvalue weighted by atomic mass is 10.1. The number of nitro benzene ring substituents is 1. The van der Waals surface area contributed by atoms with Gasteiger partial charge >= 0.3 is 0 Å². The van der Waals surface area contributed by atoms with Crippen LogP contribution in [0.5, 0.6) is 0 Å². The first-order valence-electron chi connectivity index (χ1n) is 4.47. The number of non-ortho nitro benzene ring substituents is 1. The summed E-state index contributed by atoms with van der Waals surface area (Å²) in [6.07, 6.45) is 2.58. The van der Waals surface area contributed by atoms with Gasteiger partial charge in [0.1, 0.15) is 6.26 Å². The van der Waals surface area contributed by atoms with E-state index in [9.17, 15) is 14.9 Å². The third-order valence-corrected chi connectivity index (χ3v) is 2.35. The number of aromatic nitrogens is 1. The molecular formula is C10H5ClN2O4. The molecule has 17 heavy (non-hydrogen) atoms. The molecule has 1 aromatic carbocycles. The molecule has 0 aliphatic rings. The van der Waals surface area contributed by atoms with Crippen molar-refractivity contribution in [1.82, 2.24) is 4.98 Å². The molecule has 86 valence electrons. The summed E-state index contributed by atoms with van der Waals surface area (Å²) in [6.45, 7) is 0. The Labute approximate surface area is 100.0 Å². The molecule has 0 aliphatic heterocycles. The zero-order chi connectivity index (χ0) is 12.4. The van der Waals surface area contributed by atoms with E-state index >= 15 is 0 Å². The molecule has 2 aromatic rings. The van der Waals surface area contributed by atoms with E-state index in [1.165, 1.54) is 24.6 Å². The lowest BCUT2D eigenvalue weighted by Crippen LogP contribution is -2.03. The molecule has 0 spiro atoms. The van der Waals surface area contributed by atoms with Gasteiger partial charge in [0, 0.05) is 17.7 Å². The van der Waals surface area contributed by atoms with E-state index in [1.54, 1.807) is 0 Å². The summed E-state index contributed by atoms with van der Waals surface area (Å²) < 4.78 is 4.83. The maximum atomic E-state index is 11.8. The highest BCUT2D eigenvalue weighted by Gasteiger charge is 2.19. The number of carbonyl (C=O) groups excluding carboxylic acids is 1. The molecule has 0 fully saturated rings. The van der Waals surface area contributed by atoms with Gasteiger partial charge in [-0.05, 0) is 6.07 Å². The second-order valence-electron chi connectivity index (χ2n) is 3.09. The van der Waals surface area contributed by atoms with Gasteiger partial charge in [-0.25, -0.2) is 4.98 Å².